The van der Waals surface area contributed by atoms with Crippen LogP contribution in [0.15, 0.2) is 294 Å². The van der Waals surface area contributed by atoms with Crippen molar-refractivity contribution in [3.8, 4) is 66.8 Å². The van der Waals surface area contributed by atoms with Gasteiger partial charge in [0.2, 0.25) is 0 Å². The summed E-state index contributed by atoms with van der Waals surface area (Å²) in [5.41, 5.74) is 15.1. The third-order valence-electron chi connectivity index (χ3n) is 22.3. The highest BCUT2D eigenvalue weighted by molar-refractivity contribution is 5.64. The number of aliphatic hydroxyl groups is 1. The van der Waals surface area contributed by atoms with E-state index < -0.39 is 0 Å². The molecular formula is C104H144N12O+12. The summed E-state index contributed by atoms with van der Waals surface area (Å²) in [6, 6.07) is 52.5. The van der Waals surface area contributed by atoms with Gasteiger partial charge in [-0.3, -0.25) is 0 Å². The first-order valence-electron chi connectivity index (χ1n) is 44.9. The van der Waals surface area contributed by atoms with Crippen LogP contribution in [-0.2, 0) is 80.5 Å². The van der Waals surface area contributed by atoms with Gasteiger partial charge < -0.3 is 5.11 Å². The van der Waals surface area contributed by atoms with Crippen molar-refractivity contribution in [3.05, 3.63) is 294 Å². The molecule has 12 rings (SSSR count). The normalized spacial score (nSPS) is 11.0. The van der Waals surface area contributed by atoms with Gasteiger partial charge in [0.1, 0.15) is 60.9 Å². The lowest BCUT2D eigenvalue weighted by Crippen LogP contribution is -2.38. The van der Waals surface area contributed by atoms with Crippen molar-refractivity contribution in [3.63, 3.8) is 0 Å². The lowest BCUT2D eigenvalue weighted by Gasteiger charge is -2.03. The highest BCUT2D eigenvalue weighted by atomic mass is 16.3. The van der Waals surface area contributed by atoms with Crippen LogP contribution in [0.25, 0.3) is 66.8 Å². The van der Waals surface area contributed by atoms with Gasteiger partial charge in [0.25, 0.3) is 0 Å². The predicted octanol–water partition coefficient (Wildman–Crippen LogP) is 17.7. The van der Waals surface area contributed by atoms with E-state index >= 15 is 0 Å². The van der Waals surface area contributed by atoms with Gasteiger partial charge in [-0.25, -0.2) is 54.8 Å². The number of hydrogen-bond acceptors (Lipinski definition) is 1. The Morgan fingerprint density at radius 3 is 0.462 bits per heavy atom. The maximum absolute atomic E-state index is 8.96. The van der Waals surface area contributed by atoms with Gasteiger partial charge in [0.05, 0.1) is 6.42 Å². The molecule has 0 fully saturated rings. The average Bonchev–Trinajstić information content (AvgIpc) is 0.873. The second kappa shape index (κ2) is 53.9. The van der Waals surface area contributed by atoms with E-state index in [9.17, 15) is 0 Å². The molecule has 0 aliphatic heterocycles. The van der Waals surface area contributed by atoms with E-state index in [4.69, 9.17) is 5.11 Å². The lowest BCUT2D eigenvalue weighted by molar-refractivity contribution is -0.726. The van der Waals surface area contributed by atoms with Crippen LogP contribution in [0.4, 0.5) is 0 Å². The fraction of sp³-hybridized carbons (Fsp3) is 0.423. The molecule has 1 N–H and O–H groups in total. The van der Waals surface area contributed by atoms with E-state index in [1.54, 1.807) is 0 Å². The fourth-order valence-corrected chi connectivity index (χ4v) is 14.8. The second-order valence-electron chi connectivity index (χ2n) is 32.2. The van der Waals surface area contributed by atoms with Crippen LogP contribution < -0.4 is 54.8 Å². The number of nitrogens with zero attached hydrogens (tertiary/aromatic N) is 12. The monoisotopic (exact) mass is 1580 g/mol. The smallest absolute Gasteiger partial charge is 0.169 e. The van der Waals surface area contributed by atoms with Crippen molar-refractivity contribution >= 4 is 0 Å². The van der Waals surface area contributed by atoms with Crippen molar-refractivity contribution < 1.29 is 59.9 Å². The maximum Gasteiger partial charge on any atom is 0.169 e. The van der Waals surface area contributed by atoms with Crippen molar-refractivity contribution in [2.24, 2.45) is 28.2 Å². The zero-order valence-corrected chi connectivity index (χ0v) is 72.7. The molecule has 0 amide bonds. The Balaban J connectivity index is 0.000000184. The molecule has 13 heteroatoms. The van der Waals surface area contributed by atoms with Crippen LogP contribution in [0.2, 0.25) is 0 Å². The van der Waals surface area contributed by atoms with Crippen LogP contribution in [0.1, 0.15) is 201 Å². The Kier molecular flexibility index (Phi) is 41.8. The molecule has 0 unspecified atom stereocenters. The van der Waals surface area contributed by atoms with Crippen molar-refractivity contribution in [1.82, 2.24) is 0 Å². The van der Waals surface area contributed by atoms with Crippen molar-refractivity contribution in [2.75, 3.05) is 6.61 Å². The van der Waals surface area contributed by atoms with E-state index in [-0.39, 0.29) is 6.61 Å². The molecule has 12 aromatic heterocycles. The molecular weight excluding hydrogens is 1430 g/mol. The largest absolute Gasteiger partial charge is 0.396 e. The van der Waals surface area contributed by atoms with Crippen LogP contribution in [0, 0.1) is 0 Å². The summed E-state index contributed by atoms with van der Waals surface area (Å²) in [5.74, 6) is 0. The molecule has 12 aromatic rings. The highest BCUT2D eigenvalue weighted by Crippen LogP contribution is 2.22. The number of aryl methyl sites for hydroxylation is 12. The van der Waals surface area contributed by atoms with Gasteiger partial charge in [-0.15, -0.1) is 0 Å². The van der Waals surface area contributed by atoms with Crippen LogP contribution in [-0.4, -0.2) is 11.7 Å². The van der Waals surface area contributed by atoms with Crippen LogP contribution >= 0.6 is 0 Å². The molecule has 0 bridgehead atoms. The summed E-state index contributed by atoms with van der Waals surface area (Å²) in [7, 11) is 8.15. The molecule has 0 saturated carbocycles. The zero-order chi connectivity index (χ0) is 82.0. The molecule has 12 heterocycles. The first-order chi connectivity index (χ1) is 57.5. The molecule has 0 aromatic carbocycles. The summed E-state index contributed by atoms with van der Waals surface area (Å²) in [6.07, 6.45) is 89.1. The Hall–Kier alpha value is -10.2. The van der Waals surface area contributed by atoms with Gasteiger partial charge in [-0.05, 0) is 86.0 Å². The Labute approximate surface area is 704 Å². The summed E-state index contributed by atoms with van der Waals surface area (Å²) in [6.45, 7) is 15.3. The summed E-state index contributed by atoms with van der Waals surface area (Å²) < 4.78 is 26.3. The maximum atomic E-state index is 8.96. The van der Waals surface area contributed by atoms with E-state index in [2.05, 4.69) is 361 Å². The van der Waals surface area contributed by atoms with E-state index in [1.165, 1.54) is 234 Å². The SMILES string of the molecule is CCCCCCCCCCCCC[n+]1ccc(-c2cc[n+](CCCCCCCCCCCCC)cc2)cc1.CCC[n+]1ccc(-c2cc[n+](C)cc2)cc1.C[n+]1ccc(-c2cc[n+](CCCCC[n+]3ccc(-c4cc[n+](C)cc4)cc3)cc2)cc1.C[n+]1ccc(-c2cc[n+](CCC[n+]3ccc(-c4cc[n+](CCCO)cc4)cc3)cc2)cc1. The van der Waals surface area contributed by atoms with Gasteiger partial charge in [0, 0.05) is 191 Å². The molecule has 0 spiro atoms. The molecule has 13 nitrogen and oxygen atoms in total. The molecule has 0 atom stereocenters. The Morgan fingerprint density at radius 2 is 0.291 bits per heavy atom. The third-order valence-corrected chi connectivity index (χ3v) is 22.3. The van der Waals surface area contributed by atoms with Gasteiger partial charge in [0.15, 0.2) is 168 Å². The number of unbranched alkanes of at least 4 members (excludes halogenated alkanes) is 22. The predicted molar refractivity (Wildman–Crippen MR) is 471 cm³/mol. The van der Waals surface area contributed by atoms with Crippen LogP contribution in [0.5, 0.6) is 0 Å². The highest BCUT2D eigenvalue weighted by Gasteiger charge is 2.14. The number of aromatic nitrogens is 12. The summed E-state index contributed by atoms with van der Waals surface area (Å²) in [4.78, 5) is 0. The average molecular weight is 1580 g/mol. The van der Waals surface area contributed by atoms with Gasteiger partial charge >= 0.3 is 0 Å². The van der Waals surface area contributed by atoms with Crippen LogP contribution in [0.3, 0.4) is 0 Å². The van der Waals surface area contributed by atoms with E-state index in [0.717, 1.165) is 65.2 Å². The third kappa shape index (κ3) is 34.8. The van der Waals surface area contributed by atoms with Crippen molar-refractivity contribution in [2.45, 2.75) is 253 Å². The Bertz CT molecular complexity index is 4400. The molecule has 0 radical (unpaired) electrons. The van der Waals surface area contributed by atoms with Crippen molar-refractivity contribution in [1.29, 1.82) is 0 Å². The fourth-order valence-electron chi connectivity index (χ4n) is 14.8. The summed E-state index contributed by atoms with van der Waals surface area (Å²) >= 11 is 0. The quantitative estimate of drug-likeness (QED) is 0.0300. The van der Waals surface area contributed by atoms with E-state index in [0.29, 0.717) is 0 Å². The first-order valence-corrected chi connectivity index (χ1v) is 44.9. The minimum atomic E-state index is 0.226. The molecule has 0 aliphatic carbocycles. The molecule has 0 saturated heterocycles. The molecule has 0 aliphatic rings. The minimum Gasteiger partial charge on any atom is -0.396 e. The molecule has 614 valence electrons. The second-order valence-corrected chi connectivity index (χ2v) is 32.2. The van der Waals surface area contributed by atoms with E-state index in [1.807, 2.05) is 37.3 Å². The lowest BCUT2D eigenvalue weighted by atomic mass is 10.1. The number of aliphatic hydroxyl groups excluding tert-OH is 1. The number of pyridine rings is 12. The minimum absolute atomic E-state index is 0.226. The van der Waals surface area contributed by atoms with Gasteiger partial charge in [-0.2, -0.15) is 0 Å². The first kappa shape index (κ1) is 90.7. The van der Waals surface area contributed by atoms with Gasteiger partial charge in [-0.1, -0.05) is 136 Å². The topological polar surface area (TPSA) is 66.8 Å². The summed E-state index contributed by atoms with van der Waals surface area (Å²) in [5, 5.41) is 8.96. The Morgan fingerprint density at radius 1 is 0.154 bits per heavy atom. The zero-order valence-electron chi connectivity index (χ0n) is 72.7. The number of rotatable bonds is 45. The standard InChI is InChI=1S/C36H62N2.C27H32N4O.C27H32N4.C14H18N2/c1-3-5-7-9-11-13-15-17-19-21-23-29-37-31-25-35(26-32-37)36-27-33-38(34-28-36)30-24-22-20-18-16-14-12-10-8-6-4-2;1-28-15-4-24(5-16-28)25-6-17-29(18-7-25)12-2-13-30-19-8-26(9-20-30)27-10-21-31(22-11-27)14-3-23-32;1-28-16-6-24(7-17-28)26-10-20-30(21-11-26)14-4-3-5-15-31-22-12-27(13-23-31)25-8-18-29(2)19-9-25;1-3-8-16-11-6-14(7-12-16)13-4-9-15(2)10-5-13/h25-28,31-34H,3-24,29-30H2,1-2H3;4-11,15-22,32H,2-3,12-14,23H2,1H3;6-13,16-23H,3-5,14-15H2,1-2H3;4-7,9-12H,3,8H2,1-2H3/q+2;2*+4;+2. The molecule has 117 heavy (non-hydrogen) atoms. The number of hydrogen-bond donors (Lipinski definition) is 1.